The molecule has 4 heteroatoms. The average Bonchev–Trinajstić information content (AvgIpc) is 3.22. The van der Waals surface area contributed by atoms with Crippen LogP contribution in [0.15, 0.2) is 83.3 Å². The number of amides is 1. The number of unbranched alkanes of at least 4 members (excludes halogenated alkanes) is 1. The Labute approximate surface area is 188 Å². The fraction of sp³-hybridized carbons (Fsp3) is 0.250. The van der Waals surface area contributed by atoms with Crippen molar-refractivity contribution in [2.24, 2.45) is 0 Å². The molecule has 32 heavy (non-hydrogen) atoms. The molecule has 0 atom stereocenters. The largest absolute Gasteiger partial charge is 0.456 e. The Bertz CT molecular complexity index is 1260. The predicted molar refractivity (Wildman–Crippen MR) is 131 cm³/mol. The first-order chi connectivity index (χ1) is 15.8. The molecule has 5 rings (SSSR count). The molecular formula is C28H28N2O2. The lowest BCUT2D eigenvalue weighted by Gasteiger charge is -2.26. The summed E-state index contributed by atoms with van der Waals surface area (Å²) in [4.78, 5) is 15.1. The normalized spacial score (nSPS) is 14.6. The van der Waals surface area contributed by atoms with Crippen molar-refractivity contribution in [2.45, 2.75) is 19.3 Å². The molecular weight excluding hydrogens is 396 g/mol. The maximum Gasteiger partial charge on any atom is 0.251 e. The fourth-order valence-electron chi connectivity index (χ4n) is 4.46. The molecule has 0 saturated heterocycles. The van der Waals surface area contributed by atoms with Gasteiger partial charge >= 0.3 is 0 Å². The average molecular weight is 425 g/mol. The maximum absolute atomic E-state index is 12.6. The summed E-state index contributed by atoms with van der Waals surface area (Å²) < 4.78 is 5.85. The number of carbonyl (C=O) groups is 1. The number of carbonyl (C=O) groups excluding carboxylic acids is 1. The Morgan fingerprint density at radius 3 is 2.56 bits per heavy atom. The minimum Gasteiger partial charge on any atom is -0.456 e. The van der Waals surface area contributed by atoms with Crippen LogP contribution < -0.4 is 5.32 Å². The second kappa shape index (κ2) is 9.41. The lowest BCUT2D eigenvalue weighted by Crippen LogP contribution is -2.30. The SMILES string of the molecule is O=C(NCCCCN1CC=C(c2ccccc2)CC1)c1ccc2oc3ccccc3c2c1. The van der Waals surface area contributed by atoms with Crippen LogP contribution in [-0.4, -0.2) is 37.0 Å². The summed E-state index contributed by atoms with van der Waals surface area (Å²) in [7, 11) is 0. The summed E-state index contributed by atoms with van der Waals surface area (Å²) >= 11 is 0. The van der Waals surface area contributed by atoms with Gasteiger partial charge in [-0.2, -0.15) is 0 Å². The number of hydrogen-bond acceptors (Lipinski definition) is 3. The van der Waals surface area contributed by atoms with Crippen molar-refractivity contribution in [3.63, 3.8) is 0 Å². The number of rotatable bonds is 7. The molecule has 1 aromatic heterocycles. The highest BCUT2D eigenvalue weighted by Crippen LogP contribution is 2.29. The molecule has 0 fully saturated rings. The van der Waals surface area contributed by atoms with Crippen molar-refractivity contribution in [1.29, 1.82) is 0 Å². The first-order valence-electron chi connectivity index (χ1n) is 11.4. The van der Waals surface area contributed by atoms with Gasteiger partial charge in [-0.3, -0.25) is 9.69 Å². The summed E-state index contributed by atoms with van der Waals surface area (Å²) in [6.07, 6.45) is 5.52. The van der Waals surface area contributed by atoms with E-state index in [-0.39, 0.29) is 5.91 Å². The number of furan rings is 1. The van der Waals surface area contributed by atoms with Gasteiger partial charge in [0.1, 0.15) is 11.2 Å². The quantitative estimate of drug-likeness (QED) is 0.377. The zero-order valence-electron chi connectivity index (χ0n) is 18.2. The molecule has 0 radical (unpaired) electrons. The minimum atomic E-state index is -0.0226. The number of fused-ring (bicyclic) bond motifs is 3. The Balaban J connectivity index is 1.08. The highest BCUT2D eigenvalue weighted by Gasteiger charge is 2.13. The third kappa shape index (κ3) is 4.46. The molecule has 162 valence electrons. The van der Waals surface area contributed by atoms with Crippen molar-refractivity contribution in [1.82, 2.24) is 10.2 Å². The lowest BCUT2D eigenvalue weighted by molar-refractivity contribution is 0.0952. The zero-order chi connectivity index (χ0) is 21.8. The third-order valence-corrected chi connectivity index (χ3v) is 6.26. The summed E-state index contributed by atoms with van der Waals surface area (Å²) in [5.74, 6) is -0.0226. The number of benzene rings is 3. The van der Waals surface area contributed by atoms with Gasteiger partial charge in [-0.05, 0) is 61.2 Å². The van der Waals surface area contributed by atoms with Crippen LogP contribution in [-0.2, 0) is 0 Å². The molecule has 3 aromatic carbocycles. The van der Waals surface area contributed by atoms with Crippen LogP contribution in [0.5, 0.6) is 0 Å². The standard InChI is InChI=1S/C28H28N2O2/c31-28(23-12-13-27-25(20-23)24-10-4-5-11-26(24)32-27)29-16-6-7-17-30-18-14-22(15-19-30)21-8-2-1-3-9-21/h1-5,8-14,20H,6-7,15-19H2,(H,29,31). The van der Waals surface area contributed by atoms with E-state index in [1.165, 1.54) is 11.1 Å². The van der Waals surface area contributed by atoms with E-state index in [1.54, 1.807) is 0 Å². The van der Waals surface area contributed by atoms with Crippen molar-refractivity contribution in [2.75, 3.05) is 26.2 Å². The van der Waals surface area contributed by atoms with Gasteiger partial charge in [0.05, 0.1) is 0 Å². The second-order valence-electron chi connectivity index (χ2n) is 8.42. The van der Waals surface area contributed by atoms with Crippen LogP contribution in [0.1, 0.15) is 35.2 Å². The van der Waals surface area contributed by atoms with Gasteiger partial charge in [-0.25, -0.2) is 0 Å². The van der Waals surface area contributed by atoms with Gasteiger partial charge in [0.2, 0.25) is 0 Å². The summed E-state index contributed by atoms with van der Waals surface area (Å²) in [6.45, 7) is 3.88. The van der Waals surface area contributed by atoms with Gasteiger partial charge < -0.3 is 9.73 Å². The number of hydrogen-bond donors (Lipinski definition) is 1. The molecule has 2 heterocycles. The molecule has 0 saturated carbocycles. The number of para-hydroxylation sites is 1. The molecule has 0 unspecified atom stereocenters. The molecule has 1 N–H and O–H groups in total. The Morgan fingerprint density at radius 1 is 0.906 bits per heavy atom. The van der Waals surface area contributed by atoms with Gasteiger partial charge in [0, 0.05) is 36.0 Å². The van der Waals surface area contributed by atoms with Crippen molar-refractivity contribution in [3.8, 4) is 0 Å². The van der Waals surface area contributed by atoms with Crippen LogP contribution >= 0.6 is 0 Å². The van der Waals surface area contributed by atoms with Gasteiger partial charge in [-0.1, -0.05) is 54.6 Å². The van der Waals surface area contributed by atoms with Crippen LogP contribution in [0.2, 0.25) is 0 Å². The van der Waals surface area contributed by atoms with E-state index >= 15 is 0 Å². The highest BCUT2D eigenvalue weighted by molar-refractivity contribution is 6.08. The van der Waals surface area contributed by atoms with Crippen molar-refractivity contribution >= 4 is 33.4 Å². The Hall–Kier alpha value is -3.37. The maximum atomic E-state index is 12.6. The first kappa shape index (κ1) is 20.5. The molecule has 0 spiro atoms. The molecule has 0 bridgehead atoms. The molecule has 4 aromatic rings. The monoisotopic (exact) mass is 424 g/mol. The predicted octanol–water partition coefficient (Wildman–Crippen LogP) is 5.89. The summed E-state index contributed by atoms with van der Waals surface area (Å²) in [6, 6.07) is 24.2. The highest BCUT2D eigenvalue weighted by atomic mass is 16.3. The molecule has 0 aliphatic carbocycles. The summed E-state index contributed by atoms with van der Waals surface area (Å²) in [5.41, 5.74) is 5.14. The second-order valence-corrected chi connectivity index (χ2v) is 8.42. The zero-order valence-corrected chi connectivity index (χ0v) is 18.2. The Morgan fingerprint density at radius 2 is 1.72 bits per heavy atom. The van der Waals surface area contributed by atoms with E-state index in [0.717, 1.165) is 60.8 Å². The topological polar surface area (TPSA) is 45.5 Å². The van der Waals surface area contributed by atoms with Crippen molar-refractivity contribution in [3.05, 3.63) is 90.0 Å². The fourth-order valence-corrected chi connectivity index (χ4v) is 4.46. The third-order valence-electron chi connectivity index (χ3n) is 6.26. The molecule has 1 aliphatic rings. The first-order valence-corrected chi connectivity index (χ1v) is 11.4. The van der Waals surface area contributed by atoms with E-state index in [4.69, 9.17) is 4.42 Å². The van der Waals surface area contributed by atoms with Crippen LogP contribution in [0.4, 0.5) is 0 Å². The minimum absolute atomic E-state index is 0.0226. The van der Waals surface area contributed by atoms with E-state index in [1.807, 2.05) is 42.5 Å². The van der Waals surface area contributed by atoms with E-state index < -0.39 is 0 Å². The molecule has 4 nitrogen and oxygen atoms in total. The van der Waals surface area contributed by atoms with Crippen molar-refractivity contribution < 1.29 is 9.21 Å². The number of nitrogens with zero attached hydrogens (tertiary/aromatic N) is 1. The van der Waals surface area contributed by atoms with Gasteiger partial charge in [-0.15, -0.1) is 0 Å². The molecule has 1 aliphatic heterocycles. The number of nitrogens with one attached hydrogen (secondary N) is 1. The van der Waals surface area contributed by atoms with Crippen LogP contribution in [0.3, 0.4) is 0 Å². The van der Waals surface area contributed by atoms with Gasteiger partial charge in [0.25, 0.3) is 5.91 Å². The smallest absolute Gasteiger partial charge is 0.251 e. The van der Waals surface area contributed by atoms with E-state index in [0.29, 0.717) is 12.1 Å². The van der Waals surface area contributed by atoms with Crippen LogP contribution in [0, 0.1) is 0 Å². The summed E-state index contributed by atoms with van der Waals surface area (Å²) in [5, 5.41) is 5.10. The van der Waals surface area contributed by atoms with Crippen LogP contribution in [0.25, 0.3) is 27.5 Å². The van der Waals surface area contributed by atoms with E-state index in [2.05, 4.69) is 46.6 Å². The van der Waals surface area contributed by atoms with Gasteiger partial charge in [0.15, 0.2) is 0 Å². The molecule has 1 amide bonds. The lowest BCUT2D eigenvalue weighted by atomic mass is 9.99. The van der Waals surface area contributed by atoms with E-state index in [9.17, 15) is 4.79 Å². The Kier molecular flexibility index (Phi) is 6.04.